The average molecular weight is 361 g/mol. The number of sulfonamides is 1. The van der Waals surface area contributed by atoms with Gasteiger partial charge < -0.3 is 0 Å². The Morgan fingerprint density at radius 3 is 2.74 bits per heavy atom. The molecule has 0 saturated carbocycles. The second-order valence-electron chi connectivity index (χ2n) is 3.66. The standard InChI is InChI=1S/C11H9BrN2O3S2/c1-7(15)8-3-2-4-9(5-8)19(16,17)14-11-13-6-10(12)18-11/h2-6H,1H3,(H,13,14). The molecular weight excluding hydrogens is 352 g/mol. The van der Waals surface area contributed by atoms with Crippen molar-refractivity contribution in [2.24, 2.45) is 0 Å². The molecule has 2 aromatic rings. The number of aromatic nitrogens is 1. The average Bonchev–Trinajstić information content (AvgIpc) is 2.74. The largest absolute Gasteiger partial charge is 0.295 e. The maximum Gasteiger partial charge on any atom is 0.263 e. The second kappa shape index (κ2) is 5.40. The Bertz CT molecular complexity index is 725. The molecule has 5 nitrogen and oxygen atoms in total. The van der Waals surface area contributed by atoms with E-state index in [1.807, 2.05) is 0 Å². The van der Waals surface area contributed by atoms with E-state index in [0.717, 1.165) is 3.79 Å². The quantitative estimate of drug-likeness (QED) is 0.850. The number of halogens is 1. The molecule has 0 atom stereocenters. The summed E-state index contributed by atoms with van der Waals surface area (Å²) >= 11 is 4.37. The summed E-state index contributed by atoms with van der Waals surface area (Å²) in [6.07, 6.45) is 1.51. The van der Waals surface area contributed by atoms with Gasteiger partial charge in [0.05, 0.1) is 14.9 Å². The second-order valence-corrected chi connectivity index (χ2v) is 7.75. The molecule has 2 rings (SSSR count). The van der Waals surface area contributed by atoms with Gasteiger partial charge in [0, 0.05) is 5.56 Å². The zero-order chi connectivity index (χ0) is 14.0. The Morgan fingerprint density at radius 2 is 2.16 bits per heavy atom. The van der Waals surface area contributed by atoms with Crippen LogP contribution in [0.2, 0.25) is 0 Å². The molecular formula is C11H9BrN2O3S2. The predicted molar refractivity (Wildman–Crippen MR) is 77.1 cm³/mol. The Balaban J connectivity index is 2.34. The van der Waals surface area contributed by atoms with E-state index < -0.39 is 10.0 Å². The molecule has 0 amide bonds. The van der Waals surface area contributed by atoms with Crippen LogP contribution < -0.4 is 4.72 Å². The van der Waals surface area contributed by atoms with E-state index >= 15 is 0 Å². The Hall–Kier alpha value is -1.25. The highest BCUT2D eigenvalue weighted by molar-refractivity contribution is 9.11. The van der Waals surface area contributed by atoms with Crippen LogP contribution in [0.15, 0.2) is 39.1 Å². The van der Waals surface area contributed by atoms with E-state index in [0.29, 0.717) is 5.56 Å². The summed E-state index contributed by atoms with van der Waals surface area (Å²) in [5.41, 5.74) is 0.350. The van der Waals surface area contributed by atoms with E-state index in [1.54, 1.807) is 6.07 Å². The first-order chi connectivity index (χ1) is 8.88. The number of thiazole rings is 1. The minimum absolute atomic E-state index is 0.0338. The lowest BCUT2D eigenvalue weighted by Gasteiger charge is -2.06. The van der Waals surface area contributed by atoms with Gasteiger partial charge in [-0.3, -0.25) is 9.52 Å². The van der Waals surface area contributed by atoms with Crippen LogP contribution in [-0.2, 0) is 10.0 Å². The van der Waals surface area contributed by atoms with Gasteiger partial charge in [0.15, 0.2) is 10.9 Å². The topological polar surface area (TPSA) is 76.1 Å². The molecule has 19 heavy (non-hydrogen) atoms. The van der Waals surface area contributed by atoms with Crippen LogP contribution in [0.4, 0.5) is 5.13 Å². The van der Waals surface area contributed by atoms with Crippen LogP contribution in [-0.4, -0.2) is 19.2 Å². The molecule has 0 aliphatic heterocycles. The lowest BCUT2D eigenvalue weighted by Crippen LogP contribution is -2.13. The molecule has 0 unspecified atom stereocenters. The summed E-state index contributed by atoms with van der Waals surface area (Å²) in [5, 5.41) is 0.264. The normalized spacial score (nSPS) is 11.3. The number of carbonyl (C=O) groups excluding carboxylic acids is 1. The van der Waals surface area contributed by atoms with Crippen molar-refractivity contribution in [2.75, 3.05) is 4.72 Å². The maximum absolute atomic E-state index is 12.1. The highest BCUT2D eigenvalue weighted by Gasteiger charge is 2.17. The van der Waals surface area contributed by atoms with E-state index in [1.165, 1.54) is 42.7 Å². The number of anilines is 1. The first-order valence-electron chi connectivity index (χ1n) is 5.13. The number of benzene rings is 1. The van der Waals surface area contributed by atoms with Crippen LogP contribution in [0.25, 0.3) is 0 Å². The highest BCUT2D eigenvalue weighted by atomic mass is 79.9. The first-order valence-corrected chi connectivity index (χ1v) is 8.23. The van der Waals surface area contributed by atoms with Gasteiger partial charge >= 0.3 is 0 Å². The molecule has 0 bridgehead atoms. The molecule has 1 N–H and O–H groups in total. The van der Waals surface area contributed by atoms with Crippen LogP contribution >= 0.6 is 27.3 Å². The van der Waals surface area contributed by atoms with E-state index in [2.05, 4.69) is 25.6 Å². The number of nitrogens with zero attached hydrogens (tertiary/aromatic N) is 1. The fourth-order valence-electron chi connectivity index (χ4n) is 1.36. The summed E-state index contributed by atoms with van der Waals surface area (Å²) in [5.74, 6) is -0.186. The summed E-state index contributed by atoms with van der Waals surface area (Å²) in [7, 11) is -3.73. The molecule has 0 radical (unpaired) electrons. The first kappa shape index (κ1) is 14.2. The van der Waals surface area contributed by atoms with Crippen molar-refractivity contribution in [3.05, 3.63) is 39.8 Å². The predicted octanol–water partition coefficient (Wildman–Crippen LogP) is 2.91. The molecule has 8 heteroatoms. The smallest absolute Gasteiger partial charge is 0.263 e. The molecule has 0 aliphatic rings. The monoisotopic (exact) mass is 360 g/mol. The van der Waals surface area contributed by atoms with Crippen LogP contribution in [0, 0.1) is 0 Å². The Morgan fingerprint density at radius 1 is 1.42 bits per heavy atom. The van der Waals surface area contributed by atoms with E-state index in [4.69, 9.17) is 0 Å². The summed E-state index contributed by atoms with van der Waals surface area (Å²) in [4.78, 5) is 15.2. The molecule has 0 fully saturated rings. The zero-order valence-corrected chi connectivity index (χ0v) is 13.0. The Labute approximate surface area is 122 Å². The van der Waals surface area contributed by atoms with Crippen molar-refractivity contribution in [3.8, 4) is 0 Å². The lowest BCUT2D eigenvalue weighted by atomic mass is 10.2. The number of Topliss-reactive ketones (excluding diaryl/α,β-unsaturated/α-hetero) is 1. The van der Waals surface area contributed by atoms with Crippen molar-refractivity contribution in [1.29, 1.82) is 0 Å². The van der Waals surface area contributed by atoms with Gasteiger partial charge in [0.25, 0.3) is 10.0 Å². The number of hydrogen-bond donors (Lipinski definition) is 1. The third-order valence-electron chi connectivity index (χ3n) is 2.25. The fraction of sp³-hybridized carbons (Fsp3) is 0.0909. The summed E-state index contributed by atoms with van der Waals surface area (Å²) in [6, 6.07) is 5.87. The van der Waals surface area contributed by atoms with Gasteiger partial charge in [-0.25, -0.2) is 13.4 Å². The molecule has 1 heterocycles. The van der Waals surface area contributed by atoms with Crippen LogP contribution in [0.1, 0.15) is 17.3 Å². The summed E-state index contributed by atoms with van der Waals surface area (Å²) in [6.45, 7) is 1.39. The summed E-state index contributed by atoms with van der Waals surface area (Å²) < 4.78 is 27.3. The van der Waals surface area contributed by atoms with Gasteiger partial charge in [0.1, 0.15) is 0 Å². The van der Waals surface area contributed by atoms with Crippen molar-refractivity contribution >= 4 is 48.2 Å². The molecule has 1 aromatic heterocycles. The molecule has 100 valence electrons. The van der Waals surface area contributed by atoms with Gasteiger partial charge in [-0.2, -0.15) is 0 Å². The van der Waals surface area contributed by atoms with Crippen molar-refractivity contribution in [2.45, 2.75) is 11.8 Å². The van der Waals surface area contributed by atoms with Gasteiger partial charge in [-0.15, -0.1) is 0 Å². The zero-order valence-electron chi connectivity index (χ0n) is 9.75. The maximum atomic E-state index is 12.1. The third kappa shape index (κ3) is 3.40. The minimum atomic E-state index is -3.73. The molecule has 0 aliphatic carbocycles. The van der Waals surface area contributed by atoms with E-state index in [9.17, 15) is 13.2 Å². The third-order valence-corrected chi connectivity index (χ3v) is 5.11. The number of hydrogen-bond acceptors (Lipinski definition) is 5. The Kier molecular flexibility index (Phi) is 4.02. The molecule has 0 saturated heterocycles. The molecule has 1 aromatic carbocycles. The van der Waals surface area contributed by atoms with Gasteiger partial charge in [-0.05, 0) is 35.0 Å². The van der Waals surface area contributed by atoms with Crippen LogP contribution in [0.3, 0.4) is 0 Å². The van der Waals surface area contributed by atoms with Gasteiger partial charge in [-0.1, -0.05) is 23.5 Å². The fourth-order valence-corrected chi connectivity index (χ4v) is 3.75. The lowest BCUT2D eigenvalue weighted by molar-refractivity contribution is 0.101. The SMILES string of the molecule is CC(=O)c1cccc(S(=O)(=O)Nc2ncc(Br)s2)c1. The number of nitrogens with one attached hydrogen (secondary N) is 1. The minimum Gasteiger partial charge on any atom is -0.295 e. The highest BCUT2D eigenvalue weighted by Crippen LogP contribution is 2.25. The van der Waals surface area contributed by atoms with Crippen LogP contribution in [0.5, 0.6) is 0 Å². The van der Waals surface area contributed by atoms with Crippen molar-refractivity contribution in [1.82, 2.24) is 4.98 Å². The van der Waals surface area contributed by atoms with E-state index in [-0.39, 0.29) is 15.8 Å². The number of ketones is 1. The number of rotatable bonds is 4. The molecule has 0 spiro atoms. The van der Waals surface area contributed by atoms with Crippen molar-refractivity contribution < 1.29 is 13.2 Å². The number of carbonyl (C=O) groups is 1. The van der Waals surface area contributed by atoms with Crippen molar-refractivity contribution in [3.63, 3.8) is 0 Å². The van der Waals surface area contributed by atoms with Gasteiger partial charge in [0.2, 0.25) is 0 Å².